The molecule has 2 heterocycles. The minimum absolute atomic E-state index is 0.221. The maximum atomic E-state index is 13.2. The smallest absolute Gasteiger partial charge is 0.294 e. The van der Waals surface area contributed by atoms with E-state index in [4.69, 9.17) is 20.8 Å². The molecule has 0 aliphatic rings. The molecule has 0 spiro atoms. The number of ether oxygens (including phenoxy) is 1. The first-order valence-corrected chi connectivity index (χ1v) is 9.34. The Kier molecular flexibility index (Phi) is 4.69. The van der Waals surface area contributed by atoms with Gasteiger partial charge in [-0.2, -0.15) is 0 Å². The molecule has 0 radical (unpaired) electrons. The summed E-state index contributed by atoms with van der Waals surface area (Å²) in [6.07, 6.45) is 0. The number of aryl methyl sites for hydroxylation is 1. The maximum absolute atomic E-state index is 13.2. The fourth-order valence-electron chi connectivity index (χ4n) is 3.27. The molecule has 0 aliphatic heterocycles. The van der Waals surface area contributed by atoms with Crippen molar-refractivity contribution in [2.45, 2.75) is 13.8 Å². The Bertz CT molecular complexity index is 1200. The second-order valence-corrected chi connectivity index (χ2v) is 6.99. The molecule has 4 aromatic rings. The maximum Gasteiger partial charge on any atom is 0.294 e. The van der Waals surface area contributed by atoms with Gasteiger partial charge in [-0.1, -0.05) is 23.7 Å². The highest BCUT2D eigenvalue weighted by Gasteiger charge is 2.23. The third-order valence-corrected chi connectivity index (χ3v) is 4.90. The Morgan fingerprint density at radius 2 is 1.96 bits per heavy atom. The van der Waals surface area contributed by atoms with Crippen LogP contribution >= 0.6 is 11.6 Å². The Morgan fingerprint density at radius 1 is 1.14 bits per heavy atom. The number of carbonyl (C=O) groups is 1. The molecule has 2 aromatic carbocycles. The molecule has 5 nitrogen and oxygen atoms in total. The quantitative estimate of drug-likeness (QED) is 0.451. The van der Waals surface area contributed by atoms with E-state index in [1.54, 1.807) is 36.3 Å². The summed E-state index contributed by atoms with van der Waals surface area (Å²) in [5, 5.41) is 2.31. The van der Waals surface area contributed by atoms with Gasteiger partial charge in [0.1, 0.15) is 5.75 Å². The predicted molar refractivity (Wildman–Crippen MR) is 112 cm³/mol. The number of benzene rings is 2. The van der Waals surface area contributed by atoms with Crippen molar-refractivity contribution >= 4 is 45.2 Å². The Hall–Kier alpha value is -3.05. The third-order valence-electron chi connectivity index (χ3n) is 4.66. The van der Waals surface area contributed by atoms with Crippen molar-refractivity contribution in [1.82, 2.24) is 4.98 Å². The zero-order valence-corrected chi connectivity index (χ0v) is 16.6. The summed E-state index contributed by atoms with van der Waals surface area (Å²) < 4.78 is 11.2. The summed E-state index contributed by atoms with van der Waals surface area (Å²) in [4.78, 5) is 19.3. The van der Waals surface area contributed by atoms with E-state index in [0.29, 0.717) is 28.7 Å². The van der Waals surface area contributed by atoms with E-state index in [-0.39, 0.29) is 11.7 Å². The van der Waals surface area contributed by atoms with E-state index in [1.807, 2.05) is 38.1 Å². The van der Waals surface area contributed by atoms with Gasteiger partial charge in [-0.15, -0.1) is 0 Å². The SMILES string of the molecule is CCN(C(=O)c1cc2cc3ccc(C)cc3nc2o1)c1cc(Cl)ccc1OC. The number of anilines is 1. The fraction of sp³-hybridized carbons (Fsp3) is 0.182. The van der Waals surface area contributed by atoms with Crippen molar-refractivity contribution < 1.29 is 13.9 Å². The van der Waals surface area contributed by atoms with Crippen LogP contribution in [0.4, 0.5) is 5.69 Å². The van der Waals surface area contributed by atoms with E-state index >= 15 is 0 Å². The van der Waals surface area contributed by atoms with Crippen molar-refractivity contribution in [2.75, 3.05) is 18.6 Å². The fourth-order valence-corrected chi connectivity index (χ4v) is 3.44. The first kappa shape index (κ1) is 18.3. The number of pyridine rings is 1. The molecular formula is C22H19ClN2O3. The first-order chi connectivity index (χ1) is 13.5. The largest absolute Gasteiger partial charge is 0.495 e. The molecule has 0 fully saturated rings. The van der Waals surface area contributed by atoms with E-state index in [1.165, 1.54) is 0 Å². The van der Waals surface area contributed by atoms with Crippen molar-refractivity contribution in [2.24, 2.45) is 0 Å². The van der Waals surface area contributed by atoms with Crippen molar-refractivity contribution in [3.8, 4) is 5.75 Å². The minimum Gasteiger partial charge on any atom is -0.495 e. The van der Waals surface area contributed by atoms with E-state index in [9.17, 15) is 4.79 Å². The second-order valence-electron chi connectivity index (χ2n) is 6.56. The predicted octanol–water partition coefficient (Wildman–Crippen LogP) is 5.62. The monoisotopic (exact) mass is 394 g/mol. The number of nitrogens with zero attached hydrogens (tertiary/aromatic N) is 2. The van der Waals surface area contributed by atoms with Crippen LogP contribution in [-0.4, -0.2) is 24.5 Å². The highest BCUT2D eigenvalue weighted by molar-refractivity contribution is 6.31. The molecule has 0 aliphatic carbocycles. The minimum atomic E-state index is -0.277. The molecule has 0 bridgehead atoms. The lowest BCUT2D eigenvalue weighted by Gasteiger charge is -2.22. The average Bonchev–Trinajstić information content (AvgIpc) is 3.09. The van der Waals surface area contributed by atoms with E-state index in [0.717, 1.165) is 21.9 Å². The Balaban J connectivity index is 1.78. The molecule has 2 aromatic heterocycles. The van der Waals surface area contributed by atoms with Crippen LogP contribution in [0.15, 0.2) is 52.9 Å². The molecule has 0 saturated carbocycles. The van der Waals surface area contributed by atoms with Gasteiger partial charge in [0.2, 0.25) is 5.71 Å². The molecular weight excluding hydrogens is 376 g/mol. The molecule has 0 atom stereocenters. The van der Waals surface area contributed by atoms with Crippen LogP contribution in [0.1, 0.15) is 23.0 Å². The summed E-state index contributed by atoms with van der Waals surface area (Å²) in [6.45, 7) is 4.33. The van der Waals surface area contributed by atoms with Gasteiger partial charge in [0.25, 0.3) is 5.91 Å². The van der Waals surface area contributed by atoms with Gasteiger partial charge in [-0.3, -0.25) is 4.79 Å². The zero-order chi connectivity index (χ0) is 19.8. The number of fused-ring (bicyclic) bond motifs is 2. The van der Waals surface area contributed by atoms with Crippen LogP contribution < -0.4 is 9.64 Å². The lowest BCUT2D eigenvalue weighted by molar-refractivity contribution is 0.0963. The van der Waals surface area contributed by atoms with Gasteiger partial charge >= 0.3 is 0 Å². The van der Waals surface area contributed by atoms with Crippen LogP contribution in [0, 0.1) is 6.92 Å². The average molecular weight is 395 g/mol. The third kappa shape index (κ3) is 3.18. The molecule has 1 amide bonds. The van der Waals surface area contributed by atoms with Crippen molar-refractivity contribution in [3.05, 3.63) is 64.9 Å². The lowest BCUT2D eigenvalue weighted by atomic mass is 10.1. The van der Waals surface area contributed by atoms with E-state index < -0.39 is 0 Å². The highest BCUT2D eigenvalue weighted by atomic mass is 35.5. The number of amides is 1. The number of methoxy groups -OCH3 is 1. The number of carbonyl (C=O) groups excluding carboxylic acids is 1. The molecule has 28 heavy (non-hydrogen) atoms. The summed E-state index contributed by atoms with van der Waals surface area (Å²) >= 11 is 6.14. The number of hydrogen-bond donors (Lipinski definition) is 0. The molecule has 142 valence electrons. The van der Waals surface area contributed by atoms with Crippen LogP contribution in [-0.2, 0) is 0 Å². The van der Waals surface area contributed by atoms with E-state index in [2.05, 4.69) is 4.98 Å². The van der Waals surface area contributed by atoms with Crippen LogP contribution in [0.2, 0.25) is 5.02 Å². The van der Waals surface area contributed by atoms with Gasteiger partial charge in [-0.05, 0) is 55.8 Å². The number of furan rings is 1. The van der Waals surface area contributed by atoms with Gasteiger partial charge in [0.05, 0.1) is 18.3 Å². The van der Waals surface area contributed by atoms with Gasteiger partial charge in [-0.25, -0.2) is 4.98 Å². The molecule has 4 rings (SSSR count). The Labute approximate surface area is 167 Å². The van der Waals surface area contributed by atoms with Gasteiger partial charge < -0.3 is 14.1 Å². The lowest BCUT2D eigenvalue weighted by Crippen LogP contribution is -2.30. The van der Waals surface area contributed by atoms with Crippen LogP contribution in [0.25, 0.3) is 22.0 Å². The summed E-state index contributed by atoms with van der Waals surface area (Å²) in [5.41, 5.74) is 2.99. The first-order valence-electron chi connectivity index (χ1n) is 8.96. The summed E-state index contributed by atoms with van der Waals surface area (Å²) in [7, 11) is 1.56. The number of hydrogen-bond acceptors (Lipinski definition) is 4. The molecule has 6 heteroatoms. The summed E-state index contributed by atoms with van der Waals surface area (Å²) in [6, 6.07) is 14.9. The molecule has 0 saturated heterocycles. The van der Waals surface area contributed by atoms with Crippen LogP contribution in [0.3, 0.4) is 0 Å². The number of rotatable bonds is 4. The normalized spacial score (nSPS) is 11.1. The molecule has 0 unspecified atom stereocenters. The van der Waals surface area contributed by atoms with Gasteiger partial charge in [0.15, 0.2) is 5.76 Å². The number of halogens is 1. The number of aromatic nitrogens is 1. The van der Waals surface area contributed by atoms with Gasteiger partial charge in [0, 0.05) is 22.3 Å². The standard InChI is InChI=1S/C22H19ClN2O3/c1-4-25(18-12-16(23)7-8-19(18)27-3)22(26)20-11-15-10-14-6-5-13(2)9-17(14)24-21(15)28-20/h5-12H,4H2,1-3H3. The summed E-state index contributed by atoms with van der Waals surface area (Å²) in [5.74, 6) is 0.509. The van der Waals surface area contributed by atoms with Crippen molar-refractivity contribution in [3.63, 3.8) is 0 Å². The van der Waals surface area contributed by atoms with Crippen molar-refractivity contribution in [1.29, 1.82) is 0 Å². The topological polar surface area (TPSA) is 55.6 Å². The second kappa shape index (κ2) is 7.17. The zero-order valence-electron chi connectivity index (χ0n) is 15.8. The highest BCUT2D eigenvalue weighted by Crippen LogP contribution is 2.33. The van der Waals surface area contributed by atoms with Crippen LogP contribution in [0.5, 0.6) is 5.75 Å². The molecule has 0 N–H and O–H groups in total. The Morgan fingerprint density at radius 3 is 2.71 bits per heavy atom.